The van der Waals surface area contributed by atoms with Crippen LogP contribution in [0.3, 0.4) is 0 Å². The first-order valence-corrected chi connectivity index (χ1v) is 12.3. The number of aryl methyl sites for hydroxylation is 1. The first kappa shape index (κ1) is 28.7. The fraction of sp³-hybridized carbons (Fsp3) is 0.464. The highest BCUT2D eigenvalue weighted by Crippen LogP contribution is 2.32. The zero-order valence-corrected chi connectivity index (χ0v) is 22.3. The molecule has 2 rings (SSSR count). The Morgan fingerprint density at radius 1 is 1.03 bits per heavy atom. The van der Waals surface area contributed by atoms with Crippen molar-refractivity contribution in [2.24, 2.45) is 5.92 Å². The molecule has 0 aliphatic carbocycles. The molecule has 0 spiro atoms. The first-order chi connectivity index (χ1) is 16.9. The fourth-order valence-electron chi connectivity index (χ4n) is 3.83. The summed E-state index contributed by atoms with van der Waals surface area (Å²) in [6, 6.07) is 12.5. The van der Waals surface area contributed by atoms with Crippen LogP contribution in [-0.2, 0) is 20.9 Å². The van der Waals surface area contributed by atoms with Crippen LogP contribution in [0, 0.1) is 12.8 Å². The van der Waals surface area contributed by atoms with Crippen LogP contribution in [-0.4, -0.2) is 46.1 Å². The molecule has 2 unspecified atom stereocenters. The molecule has 0 radical (unpaired) electrons. The van der Waals surface area contributed by atoms with Crippen LogP contribution in [0.2, 0.25) is 0 Å². The molecule has 2 aromatic rings. The maximum Gasteiger partial charge on any atom is 0.408 e. The zero-order valence-electron chi connectivity index (χ0n) is 22.3. The number of phenolic OH excluding ortho intramolecular Hbond substituents is 1. The lowest BCUT2D eigenvalue weighted by Crippen LogP contribution is -2.54. The number of amides is 3. The van der Waals surface area contributed by atoms with E-state index >= 15 is 0 Å². The van der Waals surface area contributed by atoms with Gasteiger partial charge in [-0.15, -0.1) is 0 Å². The van der Waals surface area contributed by atoms with Crippen LogP contribution < -0.4 is 10.6 Å². The summed E-state index contributed by atoms with van der Waals surface area (Å²) in [5, 5.41) is 16.4. The second-order valence-corrected chi connectivity index (χ2v) is 10.1. The minimum absolute atomic E-state index is 0.0511. The number of para-hydroxylation sites is 1. The Kier molecular flexibility index (Phi) is 9.90. The van der Waals surface area contributed by atoms with E-state index in [-0.39, 0.29) is 24.8 Å². The molecule has 8 nitrogen and oxygen atoms in total. The molecule has 8 heteroatoms. The average Bonchev–Trinajstić information content (AvgIpc) is 2.80. The van der Waals surface area contributed by atoms with E-state index in [0.717, 1.165) is 5.56 Å². The first-order valence-electron chi connectivity index (χ1n) is 12.3. The number of benzene rings is 2. The summed E-state index contributed by atoms with van der Waals surface area (Å²) in [5.74, 6) is -1.21. The summed E-state index contributed by atoms with van der Waals surface area (Å²) in [5.41, 5.74) is 1.07. The van der Waals surface area contributed by atoms with Crippen LogP contribution in [0.25, 0.3) is 0 Å². The Bertz CT molecular complexity index is 1050. The number of hydrogen-bond donors (Lipinski definition) is 3. The fourth-order valence-corrected chi connectivity index (χ4v) is 3.83. The predicted molar refractivity (Wildman–Crippen MR) is 139 cm³/mol. The lowest BCUT2D eigenvalue weighted by Gasteiger charge is -2.35. The van der Waals surface area contributed by atoms with E-state index in [1.165, 1.54) is 4.90 Å². The number of aromatic hydroxyl groups is 1. The summed E-state index contributed by atoms with van der Waals surface area (Å²) in [6.45, 7) is 12.8. The maximum absolute atomic E-state index is 13.8. The van der Waals surface area contributed by atoms with E-state index in [0.29, 0.717) is 11.1 Å². The molecule has 0 aliphatic rings. The van der Waals surface area contributed by atoms with Crippen LogP contribution in [0.1, 0.15) is 64.3 Å². The molecule has 0 heterocycles. The molecule has 36 heavy (non-hydrogen) atoms. The van der Waals surface area contributed by atoms with Crippen LogP contribution >= 0.6 is 0 Å². The normalized spacial score (nSPS) is 13.0. The number of nitrogens with zero attached hydrogens (tertiary/aromatic N) is 1. The summed E-state index contributed by atoms with van der Waals surface area (Å²) in [4.78, 5) is 41.2. The van der Waals surface area contributed by atoms with Crippen LogP contribution in [0.5, 0.6) is 5.75 Å². The molecule has 0 saturated carbocycles. The van der Waals surface area contributed by atoms with Crippen molar-refractivity contribution in [3.05, 3.63) is 65.2 Å². The summed E-state index contributed by atoms with van der Waals surface area (Å²) < 4.78 is 5.36. The van der Waals surface area contributed by atoms with Gasteiger partial charge in [0.1, 0.15) is 23.4 Å². The lowest BCUT2D eigenvalue weighted by atomic mass is 9.97. The molecular formula is C28H39N3O5. The van der Waals surface area contributed by atoms with Crippen molar-refractivity contribution in [3.8, 4) is 5.75 Å². The number of alkyl carbamates (subject to hydrolysis) is 1. The Hall–Kier alpha value is -3.55. The van der Waals surface area contributed by atoms with Crippen molar-refractivity contribution in [3.63, 3.8) is 0 Å². The summed E-state index contributed by atoms with van der Waals surface area (Å²) >= 11 is 0. The topological polar surface area (TPSA) is 108 Å². The molecular weight excluding hydrogens is 458 g/mol. The van der Waals surface area contributed by atoms with Gasteiger partial charge in [-0.3, -0.25) is 9.59 Å². The zero-order chi connectivity index (χ0) is 27.0. The second-order valence-electron chi connectivity index (χ2n) is 10.1. The molecule has 3 amide bonds. The van der Waals surface area contributed by atoms with Crippen molar-refractivity contribution >= 4 is 17.9 Å². The minimum Gasteiger partial charge on any atom is -0.507 e. The molecule has 0 bridgehead atoms. The van der Waals surface area contributed by atoms with Crippen molar-refractivity contribution in [2.75, 3.05) is 6.54 Å². The van der Waals surface area contributed by atoms with Gasteiger partial charge in [-0.25, -0.2) is 4.79 Å². The largest absolute Gasteiger partial charge is 0.507 e. The third-order valence-electron chi connectivity index (χ3n) is 5.66. The molecule has 0 aromatic heterocycles. The van der Waals surface area contributed by atoms with Crippen molar-refractivity contribution in [2.45, 2.75) is 72.7 Å². The third-order valence-corrected chi connectivity index (χ3v) is 5.66. The quantitative estimate of drug-likeness (QED) is 0.474. The van der Waals surface area contributed by atoms with Gasteiger partial charge in [0.05, 0.1) is 0 Å². The lowest BCUT2D eigenvalue weighted by molar-refractivity contribution is -0.143. The monoisotopic (exact) mass is 497 g/mol. The molecule has 0 aliphatic heterocycles. The second kappa shape index (κ2) is 12.4. The van der Waals surface area contributed by atoms with E-state index in [2.05, 4.69) is 10.6 Å². The van der Waals surface area contributed by atoms with Crippen molar-refractivity contribution in [1.29, 1.82) is 0 Å². The average molecular weight is 498 g/mol. The molecule has 196 valence electrons. The van der Waals surface area contributed by atoms with Gasteiger partial charge in [-0.05, 0) is 51.7 Å². The van der Waals surface area contributed by atoms with E-state index < -0.39 is 35.6 Å². The van der Waals surface area contributed by atoms with Gasteiger partial charge in [0.2, 0.25) is 11.8 Å². The number of carbonyl (C=O) groups is 3. The third kappa shape index (κ3) is 7.73. The maximum atomic E-state index is 13.8. The Morgan fingerprint density at radius 3 is 2.22 bits per heavy atom. The van der Waals surface area contributed by atoms with Gasteiger partial charge in [0.15, 0.2) is 0 Å². The number of phenols is 1. The van der Waals surface area contributed by atoms with Gasteiger partial charge in [-0.2, -0.15) is 0 Å². The van der Waals surface area contributed by atoms with E-state index in [1.807, 2.05) is 44.2 Å². The number of likely N-dealkylation sites (N-methyl/N-ethyl adjacent to an activating group) is 1. The predicted octanol–water partition coefficient (Wildman–Crippen LogP) is 4.46. The van der Waals surface area contributed by atoms with E-state index in [4.69, 9.17) is 4.74 Å². The van der Waals surface area contributed by atoms with Gasteiger partial charge in [0, 0.05) is 18.7 Å². The van der Waals surface area contributed by atoms with Gasteiger partial charge < -0.3 is 25.4 Å². The summed E-state index contributed by atoms with van der Waals surface area (Å²) in [7, 11) is 0. The molecule has 0 fully saturated rings. The minimum atomic E-state index is -1.10. The number of hydrogen-bond acceptors (Lipinski definition) is 5. The number of ether oxygens (including phenoxy) is 1. The van der Waals surface area contributed by atoms with Crippen LogP contribution in [0.15, 0.2) is 48.5 Å². The smallest absolute Gasteiger partial charge is 0.408 e. The van der Waals surface area contributed by atoms with Crippen molar-refractivity contribution in [1.82, 2.24) is 15.5 Å². The highest BCUT2D eigenvalue weighted by molar-refractivity contribution is 5.92. The van der Waals surface area contributed by atoms with Crippen molar-refractivity contribution < 1.29 is 24.2 Å². The van der Waals surface area contributed by atoms with Gasteiger partial charge in [0.25, 0.3) is 0 Å². The summed E-state index contributed by atoms with van der Waals surface area (Å²) in [6.07, 6.45) is -0.714. The van der Waals surface area contributed by atoms with E-state index in [1.54, 1.807) is 52.8 Å². The van der Waals surface area contributed by atoms with Crippen LogP contribution in [0.4, 0.5) is 4.79 Å². The molecule has 3 N–H and O–H groups in total. The van der Waals surface area contributed by atoms with Gasteiger partial charge in [-0.1, -0.05) is 62.4 Å². The highest BCUT2D eigenvalue weighted by atomic mass is 16.6. The standard InChI is InChI=1S/C28H39N3O5/c1-8-31(26(34)22(18(2)3)30-27(35)36-28(5,6)7)23(21-16-12-13-19(4)24(21)32)25(33)29-17-20-14-10-9-11-15-20/h9-16,18,22-23,32H,8,17H2,1-7H3,(H,29,33)(H,30,35). The van der Waals surface area contributed by atoms with E-state index in [9.17, 15) is 19.5 Å². The molecule has 2 aromatic carbocycles. The molecule has 2 atom stereocenters. The highest BCUT2D eigenvalue weighted by Gasteiger charge is 2.37. The Balaban J connectivity index is 2.42. The number of carbonyl (C=O) groups excluding carboxylic acids is 3. The molecule has 0 saturated heterocycles. The Morgan fingerprint density at radius 2 is 1.67 bits per heavy atom. The number of nitrogens with one attached hydrogen (secondary N) is 2. The number of rotatable bonds is 9. The Labute approximate surface area is 214 Å². The van der Waals surface area contributed by atoms with Gasteiger partial charge >= 0.3 is 6.09 Å². The SMILES string of the molecule is CCN(C(=O)C(NC(=O)OC(C)(C)C)C(C)C)C(C(=O)NCc1ccccc1)c1cccc(C)c1O.